The fourth-order valence-corrected chi connectivity index (χ4v) is 4.90. The molecule has 0 N–H and O–H groups in total. The Bertz CT molecular complexity index is 1700. The number of rotatable bonds is 6. The molecule has 0 saturated heterocycles. The van der Waals surface area contributed by atoms with E-state index >= 15 is 0 Å². The van der Waals surface area contributed by atoms with E-state index in [1.165, 1.54) is 34.9 Å². The lowest BCUT2D eigenvalue weighted by molar-refractivity contribution is 0.452. The number of aromatic nitrogens is 2. The number of sulfone groups is 1. The molecule has 0 fully saturated rings. The molecule has 0 radical (unpaired) electrons. The van der Waals surface area contributed by atoms with Gasteiger partial charge in [-0.15, -0.1) is 0 Å². The zero-order valence-corrected chi connectivity index (χ0v) is 21.3. The molecule has 0 aliphatic carbocycles. The molecule has 36 heavy (non-hydrogen) atoms. The molecule has 7 nitrogen and oxygen atoms in total. The average molecular weight is 520 g/mol. The van der Waals surface area contributed by atoms with Crippen LogP contribution >= 0.6 is 11.6 Å². The highest BCUT2D eigenvalue weighted by Crippen LogP contribution is 2.33. The number of fused-ring (bicyclic) bond motifs is 1. The van der Waals surface area contributed by atoms with Crippen LogP contribution in [0.15, 0.2) is 81.5 Å². The van der Waals surface area contributed by atoms with E-state index in [0.29, 0.717) is 16.4 Å². The molecule has 2 aromatic heterocycles. The monoisotopic (exact) mass is 519 g/mol. The summed E-state index contributed by atoms with van der Waals surface area (Å²) in [4.78, 5) is 17.2. The van der Waals surface area contributed by atoms with Crippen LogP contribution in [0.4, 0.5) is 0 Å². The fraction of sp³-hybridized carbons (Fsp3) is 0.148. The van der Waals surface area contributed by atoms with E-state index in [0.717, 1.165) is 17.2 Å². The van der Waals surface area contributed by atoms with Crippen LogP contribution in [-0.4, -0.2) is 17.8 Å². The summed E-state index contributed by atoms with van der Waals surface area (Å²) in [6.45, 7) is 5.92. The fourth-order valence-electron chi connectivity index (χ4n) is 3.64. The Morgan fingerprint density at radius 2 is 1.86 bits per heavy atom. The maximum atomic E-state index is 13.5. The Morgan fingerprint density at radius 3 is 2.53 bits per heavy atom. The number of hydrogen-bond acceptors (Lipinski definition) is 6. The number of halogens is 1. The first-order valence-corrected chi connectivity index (χ1v) is 12.9. The molecule has 2 heterocycles. The normalized spacial score (nSPS) is 12.1. The van der Waals surface area contributed by atoms with Crippen molar-refractivity contribution in [2.45, 2.75) is 31.6 Å². The molecule has 0 atom stereocenters. The molecule has 182 valence electrons. The molecule has 0 saturated carbocycles. The highest BCUT2D eigenvalue weighted by atomic mass is 35.5. The zero-order valence-electron chi connectivity index (χ0n) is 19.8. The van der Waals surface area contributed by atoms with Gasteiger partial charge >= 0.3 is 0 Å². The Labute approximate surface area is 213 Å². The number of pyridine rings is 1. The Kier molecular flexibility index (Phi) is 6.97. The molecular formula is C27H22ClN3O4S. The van der Waals surface area contributed by atoms with Gasteiger partial charge in [-0.2, -0.15) is 10.2 Å². The second kappa shape index (κ2) is 9.97. The van der Waals surface area contributed by atoms with Crippen LogP contribution in [0.2, 0.25) is 5.02 Å². The summed E-state index contributed by atoms with van der Waals surface area (Å²) in [5, 5.41) is 10.1. The van der Waals surface area contributed by atoms with E-state index in [1.54, 1.807) is 24.3 Å². The molecule has 0 unspecified atom stereocenters. The highest BCUT2D eigenvalue weighted by Gasteiger charge is 2.24. The van der Waals surface area contributed by atoms with Gasteiger partial charge in [-0.3, -0.25) is 9.20 Å². The predicted molar refractivity (Wildman–Crippen MR) is 139 cm³/mol. The minimum Gasteiger partial charge on any atom is -0.438 e. The zero-order chi connectivity index (χ0) is 26.0. The van der Waals surface area contributed by atoms with Gasteiger partial charge in [-0.25, -0.2) is 8.42 Å². The average Bonchev–Trinajstić information content (AvgIpc) is 2.84. The molecule has 0 amide bonds. The van der Waals surface area contributed by atoms with Gasteiger partial charge in [-0.1, -0.05) is 43.6 Å². The van der Waals surface area contributed by atoms with E-state index in [-0.39, 0.29) is 22.3 Å². The quantitative estimate of drug-likeness (QED) is 0.293. The van der Waals surface area contributed by atoms with Crippen LogP contribution in [0.3, 0.4) is 0 Å². The van der Waals surface area contributed by atoms with Crippen LogP contribution in [0, 0.1) is 18.3 Å². The first kappa shape index (κ1) is 25.2. The number of hydrogen-bond donors (Lipinski definition) is 0. The van der Waals surface area contributed by atoms with E-state index in [2.05, 4.69) is 4.98 Å². The van der Waals surface area contributed by atoms with Crippen molar-refractivity contribution in [3.8, 4) is 17.7 Å². The van der Waals surface area contributed by atoms with Gasteiger partial charge in [0.1, 0.15) is 27.9 Å². The third-order valence-electron chi connectivity index (χ3n) is 5.53. The lowest BCUT2D eigenvalue weighted by atomic mass is 10.0. The molecular weight excluding hydrogens is 498 g/mol. The van der Waals surface area contributed by atoms with Crippen molar-refractivity contribution in [2.75, 3.05) is 0 Å². The third kappa shape index (κ3) is 4.89. The molecule has 0 aliphatic rings. The van der Waals surface area contributed by atoms with Crippen molar-refractivity contribution in [1.82, 2.24) is 9.38 Å². The SMILES string of the molecule is Cc1ccc(C(C)C)c(Oc2nc3ccccn3c(=O)c2/C=C(\C#N)S(=O)(=O)c2ccc(Cl)cc2)c1. The molecule has 2 aromatic carbocycles. The molecule has 0 bridgehead atoms. The smallest absolute Gasteiger partial charge is 0.269 e. The molecule has 4 rings (SSSR count). The maximum Gasteiger partial charge on any atom is 0.269 e. The minimum absolute atomic E-state index is 0.0993. The van der Waals surface area contributed by atoms with Gasteiger partial charge < -0.3 is 4.74 Å². The van der Waals surface area contributed by atoms with Crippen LogP contribution in [-0.2, 0) is 9.84 Å². The number of allylic oxidation sites excluding steroid dienone is 1. The second-order valence-corrected chi connectivity index (χ2v) is 10.8. The summed E-state index contributed by atoms with van der Waals surface area (Å²) in [6, 6.07) is 17.9. The summed E-state index contributed by atoms with van der Waals surface area (Å²) in [7, 11) is -4.24. The summed E-state index contributed by atoms with van der Waals surface area (Å²) in [6.07, 6.45) is 2.52. The summed E-state index contributed by atoms with van der Waals surface area (Å²) in [5.74, 6) is 0.504. The standard InChI is InChI=1S/C27H22ClN3O4S/c1-17(2)22-12-7-18(3)14-24(22)35-26-23(27(32)31-13-5-4-6-25(31)30-26)15-21(16-29)36(33,34)20-10-8-19(28)9-11-20/h4-15,17H,1-3H3/b21-15+. The number of aryl methyl sites for hydroxylation is 1. The van der Waals surface area contributed by atoms with Gasteiger partial charge in [0.15, 0.2) is 0 Å². The van der Waals surface area contributed by atoms with Gasteiger partial charge in [0.05, 0.1) is 4.90 Å². The maximum absolute atomic E-state index is 13.5. The summed E-state index contributed by atoms with van der Waals surface area (Å²) < 4.78 is 33.8. The lowest BCUT2D eigenvalue weighted by Gasteiger charge is -2.16. The van der Waals surface area contributed by atoms with Crippen molar-refractivity contribution in [3.05, 3.63) is 104 Å². The van der Waals surface area contributed by atoms with E-state index in [9.17, 15) is 18.5 Å². The third-order valence-corrected chi connectivity index (χ3v) is 7.46. The number of ether oxygens (including phenoxy) is 1. The van der Waals surface area contributed by atoms with E-state index in [1.807, 2.05) is 39.0 Å². The summed E-state index contributed by atoms with van der Waals surface area (Å²) in [5.41, 5.74) is 1.40. The lowest BCUT2D eigenvalue weighted by Crippen LogP contribution is -2.19. The topological polar surface area (TPSA) is 102 Å². The van der Waals surface area contributed by atoms with Crippen molar-refractivity contribution in [1.29, 1.82) is 5.26 Å². The summed E-state index contributed by atoms with van der Waals surface area (Å²) >= 11 is 5.88. The molecule has 9 heteroatoms. The van der Waals surface area contributed by atoms with Crippen LogP contribution in [0.5, 0.6) is 11.6 Å². The molecule has 4 aromatic rings. The van der Waals surface area contributed by atoms with Crippen LogP contribution < -0.4 is 10.3 Å². The number of benzene rings is 2. The molecule has 0 spiro atoms. The van der Waals surface area contributed by atoms with Gasteiger partial charge in [0.2, 0.25) is 15.7 Å². The van der Waals surface area contributed by atoms with Gasteiger partial charge in [0, 0.05) is 11.2 Å². The Morgan fingerprint density at radius 1 is 1.14 bits per heavy atom. The Balaban J connectivity index is 1.96. The number of nitriles is 1. The van der Waals surface area contributed by atoms with Gasteiger partial charge in [-0.05, 0) is 72.5 Å². The predicted octanol–water partition coefficient (Wildman–Crippen LogP) is 5.91. The van der Waals surface area contributed by atoms with Crippen molar-refractivity contribution in [2.24, 2.45) is 0 Å². The largest absolute Gasteiger partial charge is 0.438 e. The number of nitrogens with zero attached hydrogens (tertiary/aromatic N) is 3. The van der Waals surface area contributed by atoms with Crippen LogP contribution in [0.1, 0.15) is 36.5 Å². The van der Waals surface area contributed by atoms with E-state index < -0.39 is 20.3 Å². The molecule has 0 aliphatic heterocycles. The Hall–Kier alpha value is -3.93. The minimum atomic E-state index is -4.24. The van der Waals surface area contributed by atoms with E-state index in [4.69, 9.17) is 16.3 Å². The van der Waals surface area contributed by atoms with Crippen LogP contribution in [0.25, 0.3) is 11.7 Å². The first-order valence-electron chi connectivity index (χ1n) is 11.0. The van der Waals surface area contributed by atoms with Gasteiger partial charge in [0.25, 0.3) is 5.56 Å². The first-order chi connectivity index (χ1) is 17.1. The highest BCUT2D eigenvalue weighted by molar-refractivity contribution is 7.95. The van der Waals surface area contributed by atoms with Crippen molar-refractivity contribution in [3.63, 3.8) is 0 Å². The van der Waals surface area contributed by atoms with Crippen molar-refractivity contribution >= 4 is 33.2 Å². The van der Waals surface area contributed by atoms with Crippen molar-refractivity contribution < 1.29 is 13.2 Å². The second-order valence-electron chi connectivity index (χ2n) is 8.44.